The van der Waals surface area contributed by atoms with Gasteiger partial charge in [-0.15, -0.1) is 0 Å². The minimum absolute atomic E-state index is 0.00335. The van der Waals surface area contributed by atoms with E-state index in [0.29, 0.717) is 47.5 Å². The number of benzene rings is 1. The highest BCUT2D eigenvalue weighted by molar-refractivity contribution is 6.05. The molecule has 1 aromatic heterocycles. The van der Waals surface area contributed by atoms with Crippen molar-refractivity contribution in [2.45, 2.75) is 39.4 Å². The number of amides is 2. The van der Waals surface area contributed by atoms with Crippen LogP contribution in [0.1, 0.15) is 45.6 Å². The number of alkyl halides is 3. The number of carboxylic acids is 1. The summed E-state index contributed by atoms with van der Waals surface area (Å²) in [5.74, 6) is -1.72. The highest BCUT2D eigenvalue weighted by Crippen LogP contribution is 2.18. The van der Waals surface area contributed by atoms with Crippen molar-refractivity contribution in [2.24, 2.45) is 0 Å². The predicted octanol–water partition coefficient (Wildman–Crippen LogP) is 3.61. The maximum Gasteiger partial charge on any atom is 0.490 e. The van der Waals surface area contributed by atoms with E-state index in [1.54, 1.807) is 44.2 Å². The van der Waals surface area contributed by atoms with E-state index in [4.69, 9.17) is 14.3 Å². The fraction of sp³-hybridized carbons (Fsp3) is 0.409. The fourth-order valence-electron chi connectivity index (χ4n) is 3.25. The molecule has 2 aromatic rings. The van der Waals surface area contributed by atoms with Crippen LogP contribution in [0.15, 0.2) is 34.7 Å². The van der Waals surface area contributed by atoms with Gasteiger partial charge >= 0.3 is 12.1 Å². The molecule has 11 heteroatoms. The first-order chi connectivity index (χ1) is 15.4. The number of aliphatic carboxylic acids is 1. The molecule has 1 aliphatic rings. The maximum atomic E-state index is 12.8. The number of hydrogen-bond donors (Lipinski definition) is 3. The van der Waals surface area contributed by atoms with Gasteiger partial charge in [0.25, 0.3) is 11.8 Å². The lowest BCUT2D eigenvalue weighted by Crippen LogP contribution is -2.52. The molecule has 2 heterocycles. The van der Waals surface area contributed by atoms with Gasteiger partial charge in [0.05, 0.1) is 5.56 Å². The Morgan fingerprint density at radius 3 is 2.45 bits per heavy atom. The Morgan fingerprint density at radius 1 is 1.24 bits per heavy atom. The van der Waals surface area contributed by atoms with E-state index >= 15 is 0 Å². The van der Waals surface area contributed by atoms with Crippen LogP contribution in [0.4, 0.5) is 18.9 Å². The molecule has 0 aliphatic carbocycles. The van der Waals surface area contributed by atoms with Gasteiger partial charge in [-0.2, -0.15) is 13.2 Å². The Bertz CT molecular complexity index is 1000. The zero-order valence-electron chi connectivity index (χ0n) is 18.5. The average molecular weight is 469 g/mol. The monoisotopic (exact) mass is 469 g/mol. The Labute approximate surface area is 188 Å². The van der Waals surface area contributed by atoms with Gasteiger partial charge < -0.3 is 25.1 Å². The summed E-state index contributed by atoms with van der Waals surface area (Å²) in [7, 11) is 0. The first-order valence-corrected chi connectivity index (χ1v) is 10.2. The van der Waals surface area contributed by atoms with Gasteiger partial charge in [-0.3, -0.25) is 9.59 Å². The van der Waals surface area contributed by atoms with Crippen LogP contribution in [0, 0.1) is 13.8 Å². The summed E-state index contributed by atoms with van der Waals surface area (Å²) in [5, 5.41) is 13.4. The first kappa shape index (κ1) is 25.9. The van der Waals surface area contributed by atoms with E-state index in [-0.39, 0.29) is 11.8 Å². The SMILES string of the molecule is CC[C@H]1CN(C(=O)c2cccc(NC(=O)c3cc(C)oc3C)c2)CCN1.O=C(O)C(F)(F)F. The van der Waals surface area contributed by atoms with Crippen molar-refractivity contribution in [3.8, 4) is 0 Å². The molecule has 0 spiro atoms. The Kier molecular flexibility index (Phi) is 8.63. The molecular formula is C22H26F3N3O5. The van der Waals surface area contributed by atoms with Crippen molar-refractivity contribution in [1.29, 1.82) is 0 Å². The largest absolute Gasteiger partial charge is 0.490 e. The summed E-state index contributed by atoms with van der Waals surface area (Å²) >= 11 is 0. The number of nitrogens with zero attached hydrogens (tertiary/aromatic N) is 1. The summed E-state index contributed by atoms with van der Waals surface area (Å²) in [6, 6.07) is 9.13. The number of rotatable bonds is 4. The number of nitrogens with one attached hydrogen (secondary N) is 2. The second kappa shape index (κ2) is 11.0. The molecule has 1 aliphatic heterocycles. The van der Waals surface area contributed by atoms with Crippen LogP contribution in [0.5, 0.6) is 0 Å². The third-order valence-electron chi connectivity index (χ3n) is 4.93. The number of carbonyl (C=O) groups excluding carboxylic acids is 2. The van der Waals surface area contributed by atoms with Gasteiger partial charge in [0.2, 0.25) is 0 Å². The zero-order chi connectivity index (χ0) is 24.8. The van der Waals surface area contributed by atoms with Crippen LogP contribution in [0.2, 0.25) is 0 Å². The Morgan fingerprint density at radius 2 is 1.91 bits per heavy atom. The molecule has 1 aromatic carbocycles. The highest BCUT2D eigenvalue weighted by atomic mass is 19.4. The molecule has 2 amide bonds. The van der Waals surface area contributed by atoms with Crippen LogP contribution >= 0.6 is 0 Å². The van der Waals surface area contributed by atoms with Crippen molar-refractivity contribution in [3.63, 3.8) is 0 Å². The summed E-state index contributed by atoms with van der Waals surface area (Å²) < 4.78 is 37.1. The standard InChI is InChI=1S/C20H25N3O3.C2HF3O2/c1-4-16-12-23(9-8-21-16)20(25)15-6-5-7-17(11-15)22-19(24)18-10-13(2)26-14(18)3;3-2(4,5)1(6)7/h5-7,10-11,16,21H,4,8-9,12H2,1-3H3,(H,22,24);(H,6,7)/t16-;/m0./s1. The van der Waals surface area contributed by atoms with Crippen LogP contribution in [0.25, 0.3) is 0 Å². The summed E-state index contributed by atoms with van der Waals surface area (Å²) in [6.45, 7) is 7.89. The lowest BCUT2D eigenvalue weighted by molar-refractivity contribution is -0.192. The number of anilines is 1. The molecule has 0 bridgehead atoms. The molecule has 0 unspecified atom stereocenters. The van der Waals surface area contributed by atoms with Gasteiger partial charge in [0.1, 0.15) is 11.5 Å². The van der Waals surface area contributed by atoms with Gasteiger partial charge in [0.15, 0.2) is 0 Å². The molecule has 0 saturated carbocycles. The average Bonchev–Trinajstić information content (AvgIpc) is 3.11. The second-order valence-corrected chi connectivity index (χ2v) is 7.48. The number of halogens is 3. The molecule has 1 saturated heterocycles. The van der Waals surface area contributed by atoms with Crippen molar-refractivity contribution >= 4 is 23.5 Å². The first-order valence-electron chi connectivity index (χ1n) is 10.2. The molecule has 1 fully saturated rings. The lowest BCUT2D eigenvalue weighted by Gasteiger charge is -2.33. The van der Waals surface area contributed by atoms with E-state index in [0.717, 1.165) is 13.0 Å². The highest BCUT2D eigenvalue weighted by Gasteiger charge is 2.38. The summed E-state index contributed by atoms with van der Waals surface area (Å²) in [5.41, 5.74) is 1.69. The molecule has 8 nitrogen and oxygen atoms in total. The second-order valence-electron chi connectivity index (χ2n) is 7.48. The van der Waals surface area contributed by atoms with E-state index in [9.17, 15) is 22.8 Å². The van der Waals surface area contributed by atoms with Crippen molar-refractivity contribution < 1.29 is 37.1 Å². The quantitative estimate of drug-likeness (QED) is 0.631. The molecule has 1 atom stereocenters. The Balaban J connectivity index is 0.000000479. The molecule has 180 valence electrons. The van der Waals surface area contributed by atoms with Crippen LogP contribution < -0.4 is 10.6 Å². The minimum atomic E-state index is -5.08. The number of furan rings is 1. The van der Waals surface area contributed by atoms with Gasteiger partial charge in [-0.1, -0.05) is 13.0 Å². The molecule has 0 radical (unpaired) electrons. The van der Waals surface area contributed by atoms with Crippen molar-refractivity contribution in [3.05, 3.63) is 53.0 Å². The zero-order valence-corrected chi connectivity index (χ0v) is 18.5. The van der Waals surface area contributed by atoms with E-state index < -0.39 is 12.1 Å². The number of hydrogen-bond acceptors (Lipinski definition) is 5. The third-order valence-corrected chi connectivity index (χ3v) is 4.93. The molecular weight excluding hydrogens is 443 g/mol. The normalized spacial score (nSPS) is 15.9. The number of carbonyl (C=O) groups is 3. The smallest absolute Gasteiger partial charge is 0.475 e. The van der Waals surface area contributed by atoms with E-state index in [1.807, 2.05) is 4.90 Å². The molecule has 33 heavy (non-hydrogen) atoms. The minimum Gasteiger partial charge on any atom is -0.475 e. The van der Waals surface area contributed by atoms with Crippen LogP contribution in [0.3, 0.4) is 0 Å². The van der Waals surface area contributed by atoms with Gasteiger partial charge in [-0.25, -0.2) is 4.79 Å². The maximum absolute atomic E-state index is 12.8. The number of carboxylic acid groups (broad SMARTS) is 1. The Hall–Kier alpha value is -3.34. The van der Waals surface area contributed by atoms with Gasteiger partial charge in [0, 0.05) is 36.9 Å². The van der Waals surface area contributed by atoms with Crippen LogP contribution in [-0.2, 0) is 4.79 Å². The topological polar surface area (TPSA) is 112 Å². The van der Waals surface area contributed by atoms with E-state index in [1.165, 1.54) is 0 Å². The lowest BCUT2D eigenvalue weighted by atomic mass is 10.1. The van der Waals surface area contributed by atoms with Crippen molar-refractivity contribution in [2.75, 3.05) is 25.0 Å². The molecule has 3 rings (SSSR count). The summed E-state index contributed by atoms with van der Waals surface area (Å²) in [4.78, 5) is 36.0. The van der Waals surface area contributed by atoms with E-state index in [2.05, 4.69) is 17.6 Å². The summed E-state index contributed by atoms with van der Waals surface area (Å²) in [6.07, 6.45) is -4.09. The molecule has 3 N–H and O–H groups in total. The van der Waals surface area contributed by atoms with Gasteiger partial charge in [-0.05, 0) is 44.5 Å². The fourth-order valence-corrected chi connectivity index (χ4v) is 3.25. The van der Waals surface area contributed by atoms with Crippen LogP contribution in [-0.4, -0.2) is 59.6 Å². The van der Waals surface area contributed by atoms with Crippen molar-refractivity contribution in [1.82, 2.24) is 10.2 Å². The predicted molar refractivity (Wildman–Crippen MR) is 114 cm³/mol. The number of piperazine rings is 1. The number of aryl methyl sites for hydroxylation is 2. The third kappa shape index (κ3) is 7.35.